The molecule has 1 heterocycles. The maximum absolute atomic E-state index is 10.4. The molecule has 0 radical (unpaired) electrons. The molecule has 1 aromatic heterocycles. The molecular weight excluding hydrogens is 236 g/mol. The summed E-state index contributed by atoms with van der Waals surface area (Å²) in [5.41, 5.74) is 8.29. The highest BCUT2D eigenvalue weighted by Gasteiger charge is 2.09. The van der Waals surface area contributed by atoms with E-state index in [1.807, 2.05) is 6.92 Å². The first kappa shape index (κ1) is 14.0. The molecule has 0 unspecified atom stereocenters. The Hall–Kier alpha value is -2.09. The van der Waals surface area contributed by atoms with Crippen molar-refractivity contribution in [2.45, 2.75) is 19.8 Å². The van der Waals surface area contributed by atoms with Gasteiger partial charge in [-0.3, -0.25) is 0 Å². The van der Waals surface area contributed by atoms with Crippen LogP contribution in [0.25, 0.3) is 0 Å². The molecule has 6 N–H and O–H groups in total. The van der Waals surface area contributed by atoms with Crippen molar-refractivity contribution >= 4 is 17.7 Å². The maximum atomic E-state index is 10.4. The van der Waals surface area contributed by atoms with E-state index in [4.69, 9.17) is 11.6 Å². The van der Waals surface area contributed by atoms with E-state index in [9.17, 15) is 4.79 Å². The summed E-state index contributed by atoms with van der Waals surface area (Å²) in [7, 11) is 0. The second kappa shape index (κ2) is 7.28. The van der Waals surface area contributed by atoms with Crippen LogP contribution in [0, 0.1) is 0 Å². The highest BCUT2D eigenvalue weighted by atomic mass is 16.5. The number of ether oxygens (including phenoxy) is 1. The molecule has 0 spiro atoms. The number of nitrogen functional groups attached to an aromatic ring is 1. The normalized spacial score (nSPS) is 9.89. The van der Waals surface area contributed by atoms with Crippen molar-refractivity contribution in [1.82, 2.24) is 9.97 Å². The van der Waals surface area contributed by atoms with Crippen LogP contribution in [0.15, 0.2) is 6.33 Å². The van der Waals surface area contributed by atoms with Crippen molar-refractivity contribution in [1.29, 1.82) is 0 Å². The summed E-state index contributed by atoms with van der Waals surface area (Å²) in [5, 5.41) is 3.05. The van der Waals surface area contributed by atoms with Crippen LogP contribution < -0.4 is 22.3 Å². The second-order valence-electron chi connectivity index (χ2n) is 3.54. The number of hydrogen-bond donors (Lipinski definition) is 4. The fourth-order valence-corrected chi connectivity index (χ4v) is 1.50. The first-order valence-electron chi connectivity index (χ1n) is 5.65. The van der Waals surface area contributed by atoms with Gasteiger partial charge in [-0.2, -0.15) is 0 Å². The van der Waals surface area contributed by atoms with Crippen molar-refractivity contribution in [3.05, 3.63) is 11.9 Å². The fourth-order valence-electron chi connectivity index (χ4n) is 1.50. The van der Waals surface area contributed by atoms with E-state index in [-0.39, 0.29) is 6.61 Å². The Morgan fingerprint density at radius 3 is 2.78 bits per heavy atom. The number of amides is 1. The van der Waals surface area contributed by atoms with E-state index in [0.717, 1.165) is 18.4 Å². The number of primary amides is 1. The molecule has 0 aliphatic rings. The van der Waals surface area contributed by atoms with Crippen LogP contribution in [0.2, 0.25) is 0 Å². The van der Waals surface area contributed by atoms with E-state index >= 15 is 0 Å². The van der Waals surface area contributed by atoms with Gasteiger partial charge in [-0.25, -0.2) is 20.6 Å². The highest BCUT2D eigenvalue weighted by molar-refractivity contribution is 5.64. The number of carbonyl (C=O) groups is 1. The highest BCUT2D eigenvalue weighted by Crippen LogP contribution is 2.20. The van der Waals surface area contributed by atoms with Gasteiger partial charge in [0.05, 0.1) is 6.54 Å². The zero-order chi connectivity index (χ0) is 13.4. The summed E-state index contributed by atoms with van der Waals surface area (Å²) in [6, 6.07) is 0. The minimum Gasteiger partial charge on any atom is -0.448 e. The number of rotatable bonds is 7. The number of anilines is 2. The molecule has 0 aliphatic heterocycles. The molecule has 1 amide bonds. The van der Waals surface area contributed by atoms with Crippen LogP contribution in [0.3, 0.4) is 0 Å². The standard InChI is InChI=1S/C10H18N6O2/c1-2-3-7-8(13-4-5-18-10(11)17)14-6-15-9(7)16-12/h6H,2-5,12H2,1H3,(H2,11,17)(H2,13,14,15,16). The molecule has 18 heavy (non-hydrogen) atoms. The second-order valence-corrected chi connectivity index (χ2v) is 3.54. The molecule has 1 aromatic rings. The van der Waals surface area contributed by atoms with Gasteiger partial charge in [-0.05, 0) is 6.42 Å². The van der Waals surface area contributed by atoms with E-state index in [2.05, 4.69) is 25.4 Å². The number of nitrogens with one attached hydrogen (secondary N) is 2. The summed E-state index contributed by atoms with van der Waals surface area (Å²) in [6.45, 7) is 2.64. The Labute approximate surface area is 105 Å². The number of nitrogens with zero attached hydrogens (tertiary/aromatic N) is 2. The lowest BCUT2D eigenvalue weighted by Crippen LogP contribution is -2.20. The van der Waals surface area contributed by atoms with Crippen molar-refractivity contribution < 1.29 is 9.53 Å². The van der Waals surface area contributed by atoms with Gasteiger partial charge in [0.25, 0.3) is 0 Å². The molecule has 0 fully saturated rings. The monoisotopic (exact) mass is 254 g/mol. The van der Waals surface area contributed by atoms with Gasteiger partial charge in [0, 0.05) is 5.56 Å². The van der Waals surface area contributed by atoms with Crippen LogP contribution in [-0.2, 0) is 11.2 Å². The average Bonchev–Trinajstić information content (AvgIpc) is 2.36. The SMILES string of the molecule is CCCc1c(NN)ncnc1NCCOC(N)=O. The van der Waals surface area contributed by atoms with Gasteiger partial charge in [0.2, 0.25) is 0 Å². The van der Waals surface area contributed by atoms with Crippen LogP contribution in [0.5, 0.6) is 0 Å². The van der Waals surface area contributed by atoms with Crippen molar-refractivity contribution in [3.63, 3.8) is 0 Å². The Kier molecular flexibility index (Phi) is 5.65. The van der Waals surface area contributed by atoms with Gasteiger partial charge in [0.1, 0.15) is 24.6 Å². The third kappa shape index (κ3) is 4.06. The summed E-state index contributed by atoms with van der Waals surface area (Å²) in [6.07, 6.45) is 2.34. The van der Waals surface area contributed by atoms with Gasteiger partial charge in [-0.15, -0.1) is 0 Å². The molecule has 100 valence electrons. The number of nitrogens with two attached hydrogens (primary N) is 2. The largest absolute Gasteiger partial charge is 0.448 e. The van der Waals surface area contributed by atoms with Crippen LogP contribution in [0.1, 0.15) is 18.9 Å². The van der Waals surface area contributed by atoms with Gasteiger partial charge >= 0.3 is 6.09 Å². The van der Waals surface area contributed by atoms with Crippen molar-refractivity contribution in [2.24, 2.45) is 11.6 Å². The molecule has 0 aromatic carbocycles. The summed E-state index contributed by atoms with van der Waals surface area (Å²) in [4.78, 5) is 18.6. The maximum Gasteiger partial charge on any atom is 0.404 e. The van der Waals surface area contributed by atoms with E-state index in [1.54, 1.807) is 0 Å². The molecule has 0 atom stereocenters. The molecular formula is C10H18N6O2. The Morgan fingerprint density at radius 1 is 1.44 bits per heavy atom. The zero-order valence-electron chi connectivity index (χ0n) is 10.3. The van der Waals surface area contributed by atoms with Crippen molar-refractivity contribution in [2.75, 3.05) is 23.9 Å². The molecule has 0 aliphatic carbocycles. The smallest absolute Gasteiger partial charge is 0.404 e. The number of hydrazine groups is 1. The molecule has 0 saturated carbocycles. The third-order valence-electron chi connectivity index (χ3n) is 2.22. The van der Waals surface area contributed by atoms with Gasteiger partial charge in [-0.1, -0.05) is 13.3 Å². The zero-order valence-corrected chi connectivity index (χ0v) is 10.3. The minimum atomic E-state index is -0.794. The average molecular weight is 254 g/mol. The number of carbonyl (C=O) groups excluding carboxylic acids is 1. The molecule has 0 bridgehead atoms. The summed E-state index contributed by atoms with van der Waals surface area (Å²) >= 11 is 0. The van der Waals surface area contributed by atoms with Crippen LogP contribution in [-0.4, -0.2) is 29.2 Å². The lowest BCUT2D eigenvalue weighted by molar-refractivity contribution is 0.161. The minimum absolute atomic E-state index is 0.177. The Morgan fingerprint density at radius 2 is 2.17 bits per heavy atom. The molecule has 8 heteroatoms. The van der Waals surface area contributed by atoms with Crippen LogP contribution in [0.4, 0.5) is 16.4 Å². The third-order valence-corrected chi connectivity index (χ3v) is 2.22. The van der Waals surface area contributed by atoms with Gasteiger partial charge in [0.15, 0.2) is 0 Å². The summed E-state index contributed by atoms with van der Waals surface area (Å²) in [5.74, 6) is 6.65. The van der Waals surface area contributed by atoms with Gasteiger partial charge < -0.3 is 21.2 Å². The van der Waals surface area contributed by atoms with E-state index in [0.29, 0.717) is 18.2 Å². The van der Waals surface area contributed by atoms with Crippen molar-refractivity contribution in [3.8, 4) is 0 Å². The summed E-state index contributed by atoms with van der Waals surface area (Å²) < 4.78 is 4.61. The predicted octanol–water partition coefficient (Wildman–Crippen LogP) is 0.222. The predicted molar refractivity (Wildman–Crippen MR) is 67.9 cm³/mol. The number of hydrogen-bond acceptors (Lipinski definition) is 7. The number of aromatic nitrogens is 2. The molecule has 8 nitrogen and oxygen atoms in total. The van der Waals surface area contributed by atoms with E-state index < -0.39 is 6.09 Å². The lowest BCUT2D eigenvalue weighted by Gasteiger charge is -2.13. The molecule has 1 rings (SSSR count). The lowest BCUT2D eigenvalue weighted by atomic mass is 10.1. The first-order valence-corrected chi connectivity index (χ1v) is 5.65. The Balaban J connectivity index is 2.65. The first-order chi connectivity index (χ1) is 8.69. The van der Waals surface area contributed by atoms with Crippen LogP contribution >= 0.6 is 0 Å². The van der Waals surface area contributed by atoms with E-state index in [1.165, 1.54) is 6.33 Å². The topological polar surface area (TPSA) is 128 Å². The fraction of sp³-hybridized carbons (Fsp3) is 0.500. The molecule has 0 saturated heterocycles. The Bertz CT molecular complexity index is 398. The quantitative estimate of drug-likeness (QED) is 0.311.